The normalized spacial score (nSPS) is 12.5. The van der Waals surface area contributed by atoms with Crippen LogP contribution in [0.15, 0.2) is 30.3 Å². The Bertz CT molecular complexity index is 599. The van der Waals surface area contributed by atoms with E-state index in [0.29, 0.717) is 0 Å². The molecular formula is C16H15BrFI. The zero-order valence-electron chi connectivity index (χ0n) is 11.1. The first-order chi connectivity index (χ1) is 8.91. The molecule has 1 atom stereocenters. The Hall–Kier alpha value is -0.420. The monoisotopic (exact) mass is 432 g/mol. The highest BCUT2D eigenvalue weighted by molar-refractivity contribution is 14.1. The van der Waals surface area contributed by atoms with E-state index < -0.39 is 0 Å². The molecule has 0 spiro atoms. The SMILES string of the molecule is Cc1cccc(C(Br)c2c(C)cc(F)cc2C)c1I. The Balaban J connectivity index is 2.56. The van der Waals surface area contributed by atoms with Gasteiger partial charge in [0.25, 0.3) is 0 Å². The van der Waals surface area contributed by atoms with E-state index in [0.717, 1.165) is 16.7 Å². The summed E-state index contributed by atoms with van der Waals surface area (Å²) < 4.78 is 14.7. The Morgan fingerprint density at radius 3 is 2.21 bits per heavy atom. The average Bonchev–Trinajstić information content (AvgIpc) is 2.31. The van der Waals surface area contributed by atoms with E-state index in [1.54, 1.807) is 12.1 Å². The molecule has 2 aromatic carbocycles. The minimum atomic E-state index is -0.169. The van der Waals surface area contributed by atoms with Crippen LogP contribution < -0.4 is 0 Å². The van der Waals surface area contributed by atoms with Crippen LogP contribution >= 0.6 is 38.5 Å². The summed E-state index contributed by atoms with van der Waals surface area (Å²) in [7, 11) is 0. The molecule has 0 aliphatic heterocycles. The van der Waals surface area contributed by atoms with Gasteiger partial charge in [0, 0.05) is 3.57 Å². The Morgan fingerprint density at radius 2 is 1.63 bits per heavy atom. The third-order valence-corrected chi connectivity index (χ3v) is 5.73. The van der Waals surface area contributed by atoms with Gasteiger partial charge in [0.05, 0.1) is 4.83 Å². The van der Waals surface area contributed by atoms with Crippen molar-refractivity contribution < 1.29 is 4.39 Å². The lowest BCUT2D eigenvalue weighted by molar-refractivity contribution is 0.624. The molecule has 19 heavy (non-hydrogen) atoms. The molecule has 0 bridgehead atoms. The van der Waals surface area contributed by atoms with Crippen molar-refractivity contribution in [3.8, 4) is 0 Å². The summed E-state index contributed by atoms with van der Waals surface area (Å²) in [6.07, 6.45) is 0. The summed E-state index contributed by atoms with van der Waals surface area (Å²) in [5.41, 5.74) is 5.62. The summed E-state index contributed by atoms with van der Waals surface area (Å²) in [5.74, 6) is -0.169. The number of hydrogen-bond acceptors (Lipinski definition) is 0. The predicted molar refractivity (Wildman–Crippen MR) is 90.5 cm³/mol. The van der Waals surface area contributed by atoms with E-state index in [2.05, 4.69) is 63.6 Å². The molecule has 0 fully saturated rings. The largest absolute Gasteiger partial charge is 0.207 e. The molecule has 0 saturated heterocycles. The van der Waals surface area contributed by atoms with Crippen molar-refractivity contribution in [2.24, 2.45) is 0 Å². The lowest BCUT2D eigenvalue weighted by Crippen LogP contribution is -2.03. The number of halogens is 3. The molecule has 2 rings (SSSR count). The summed E-state index contributed by atoms with van der Waals surface area (Å²) in [6.45, 7) is 6.03. The van der Waals surface area contributed by atoms with Crippen molar-refractivity contribution in [1.29, 1.82) is 0 Å². The van der Waals surface area contributed by atoms with Crippen LogP contribution in [0.2, 0.25) is 0 Å². The van der Waals surface area contributed by atoms with E-state index in [1.165, 1.54) is 14.7 Å². The van der Waals surface area contributed by atoms with Gasteiger partial charge in [-0.2, -0.15) is 0 Å². The maximum Gasteiger partial charge on any atom is 0.123 e. The molecule has 0 N–H and O–H groups in total. The van der Waals surface area contributed by atoms with Gasteiger partial charge in [-0.1, -0.05) is 34.1 Å². The van der Waals surface area contributed by atoms with Crippen LogP contribution in [0.5, 0.6) is 0 Å². The van der Waals surface area contributed by atoms with Crippen molar-refractivity contribution in [1.82, 2.24) is 0 Å². The third kappa shape index (κ3) is 3.02. The van der Waals surface area contributed by atoms with Gasteiger partial charge in [-0.25, -0.2) is 4.39 Å². The number of aryl methyl sites for hydroxylation is 3. The summed E-state index contributed by atoms with van der Waals surface area (Å²) in [6, 6.07) is 9.49. The van der Waals surface area contributed by atoms with Crippen LogP contribution in [-0.2, 0) is 0 Å². The fraction of sp³-hybridized carbons (Fsp3) is 0.250. The minimum absolute atomic E-state index is 0.0971. The molecule has 0 heterocycles. The fourth-order valence-corrected chi connectivity index (χ4v) is 4.55. The Labute approximate surface area is 135 Å². The molecule has 3 heteroatoms. The minimum Gasteiger partial charge on any atom is -0.207 e. The highest BCUT2D eigenvalue weighted by Gasteiger charge is 2.18. The van der Waals surface area contributed by atoms with Gasteiger partial charge < -0.3 is 0 Å². The zero-order chi connectivity index (χ0) is 14.2. The highest BCUT2D eigenvalue weighted by Crippen LogP contribution is 2.38. The number of alkyl halides is 1. The molecule has 0 aliphatic rings. The van der Waals surface area contributed by atoms with Gasteiger partial charge in [0.15, 0.2) is 0 Å². The van der Waals surface area contributed by atoms with Crippen LogP contribution in [0.4, 0.5) is 4.39 Å². The second kappa shape index (κ2) is 5.92. The fourth-order valence-electron chi connectivity index (χ4n) is 2.34. The first-order valence-corrected chi connectivity index (χ1v) is 8.07. The van der Waals surface area contributed by atoms with Gasteiger partial charge >= 0.3 is 0 Å². The highest BCUT2D eigenvalue weighted by atomic mass is 127. The molecule has 100 valence electrons. The molecule has 0 nitrogen and oxygen atoms in total. The second-order valence-corrected chi connectivity index (χ2v) is 6.79. The van der Waals surface area contributed by atoms with Crippen LogP contribution in [0.1, 0.15) is 32.6 Å². The number of rotatable bonds is 2. The molecule has 0 aliphatic carbocycles. The molecule has 0 amide bonds. The third-order valence-electron chi connectivity index (χ3n) is 3.31. The van der Waals surface area contributed by atoms with E-state index in [9.17, 15) is 4.39 Å². The van der Waals surface area contributed by atoms with E-state index >= 15 is 0 Å². The summed E-state index contributed by atoms with van der Waals surface area (Å²) in [5, 5.41) is 0. The number of hydrogen-bond donors (Lipinski definition) is 0. The first kappa shape index (κ1) is 15.0. The van der Waals surface area contributed by atoms with E-state index in [-0.39, 0.29) is 10.6 Å². The lowest BCUT2D eigenvalue weighted by atomic mass is 9.95. The molecule has 1 unspecified atom stereocenters. The Kier molecular flexibility index (Phi) is 4.66. The van der Waals surface area contributed by atoms with E-state index in [4.69, 9.17) is 0 Å². The molecule has 0 saturated carbocycles. The van der Waals surface area contributed by atoms with Crippen LogP contribution in [-0.4, -0.2) is 0 Å². The topological polar surface area (TPSA) is 0 Å². The van der Waals surface area contributed by atoms with E-state index in [1.807, 2.05) is 13.8 Å². The lowest BCUT2D eigenvalue weighted by Gasteiger charge is -2.19. The Morgan fingerprint density at radius 1 is 1.05 bits per heavy atom. The van der Waals surface area contributed by atoms with Crippen LogP contribution in [0.25, 0.3) is 0 Å². The van der Waals surface area contributed by atoms with Gasteiger partial charge in [-0.15, -0.1) is 0 Å². The van der Waals surface area contributed by atoms with Crippen LogP contribution in [0, 0.1) is 30.2 Å². The van der Waals surface area contributed by atoms with Crippen molar-refractivity contribution >= 4 is 38.5 Å². The summed E-state index contributed by atoms with van der Waals surface area (Å²) >= 11 is 6.15. The molecule has 0 aromatic heterocycles. The van der Waals surface area contributed by atoms with Gasteiger partial charge in [-0.05, 0) is 83.3 Å². The quantitative estimate of drug-likeness (QED) is 0.413. The van der Waals surface area contributed by atoms with Crippen molar-refractivity contribution in [2.45, 2.75) is 25.6 Å². The maximum absolute atomic E-state index is 13.4. The molecule has 0 radical (unpaired) electrons. The number of benzene rings is 2. The maximum atomic E-state index is 13.4. The summed E-state index contributed by atoms with van der Waals surface area (Å²) in [4.78, 5) is 0.0971. The zero-order valence-corrected chi connectivity index (χ0v) is 14.8. The predicted octanol–water partition coefficient (Wildman–Crippen LogP) is 5.84. The first-order valence-electron chi connectivity index (χ1n) is 6.07. The average molecular weight is 433 g/mol. The molecular weight excluding hydrogens is 418 g/mol. The molecule has 2 aromatic rings. The smallest absolute Gasteiger partial charge is 0.123 e. The van der Waals surface area contributed by atoms with Crippen molar-refractivity contribution in [2.75, 3.05) is 0 Å². The second-order valence-electron chi connectivity index (χ2n) is 4.79. The standard InChI is InChI=1S/C16H15BrFI/c1-9-5-4-6-13(16(9)19)15(17)14-10(2)7-12(18)8-11(14)3/h4-8,15H,1-3H3. The van der Waals surface area contributed by atoms with Crippen molar-refractivity contribution in [3.05, 3.63) is 67.5 Å². The van der Waals surface area contributed by atoms with Gasteiger partial charge in [-0.3, -0.25) is 0 Å². The van der Waals surface area contributed by atoms with Crippen LogP contribution in [0.3, 0.4) is 0 Å². The van der Waals surface area contributed by atoms with Gasteiger partial charge in [0.1, 0.15) is 5.82 Å². The van der Waals surface area contributed by atoms with Crippen molar-refractivity contribution in [3.63, 3.8) is 0 Å². The van der Waals surface area contributed by atoms with Gasteiger partial charge in [0.2, 0.25) is 0 Å².